The van der Waals surface area contributed by atoms with E-state index in [9.17, 15) is 10.2 Å². The molecule has 0 aromatic heterocycles. The third-order valence-electron chi connectivity index (χ3n) is 5.40. The van der Waals surface area contributed by atoms with E-state index in [4.69, 9.17) is 0 Å². The minimum Gasteiger partial charge on any atom is -0.506 e. The van der Waals surface area contributed by atoms with Crippen LogP contribution in [0.2, 0.25) is 0 Å². The Morgan fingerprint density at radius 1 is 1.04 bits per heavy atom. The predicted molar refractivity (Wildman–Crippen MR) is 107 cm³/mol. The molecule has 0 aliphatic heterocycles. The molecule has 1 aliphatic carbocycles. The van der Waals surface area contributed by atoms with Crippen LogP contribution >= 0.6 is 0 Å². The quantitative estimate of drug-likeness (QED) is 0.455. The highest BCUT2D eigenvalue weighted by atomic mass is 16.3. The second-order valence-electron chi connectivity index (χ2n) is 7.19. The van der Waals surface area contributed by atoms with Crippen LogP contribution in [-0.2, 0) is 32.1 Å². The van der Waals surface area contributed by atoms with Crippen molar-refractivity contribution < 1.29 is 10.2 Å². The number of aliphatic hydroxyl groups excluding tert-OH is 1. The van der Waals surface area contributed by atoms with Crippen molar-refractivity contribution in [2.24, 2.45) is 0 Å². The predicted octanol–water partition coefficient (Wildman–Crippen LogP) is 3.18. The van der Waals surface area contributed by atoms with Gasteiger partial charge in [-0.05, 0) is 65.6 Å². The summed E-state index contributed by atoms with van der Waals surface area (Å²) in [6, 6.07) is 10.4. The maximum Gasteiger partial charge on any atom is 0.138 e. The highest BCUT2D eigenvalue weighted by Gasteiger charge is 2.24. The summed E-state index contributed by atoms with van der Waals surface area (Å²) in [6.07, 6.45) is 4.02. The number of rotatable bonds is 7. The average molecular weight is 354 g/mol. The Hall–Kier alpha value is -2.04. The van der Waals surface area contributed by atoms with Crippen molar-refractivity contribution in [3.63, 3.8) is 0 Å². The zero-order valence-electron chi connectivity index (χ0n) is 16.0. The number of hydrogen-bond donors (Lipinski definition) is 4. The lowest BCUT2D eigenvalue weighted by Crippen LogP contribution is -2.40. The van der Waals surface area contributed by atoms with Gasteiger partial charge in [0.2, 0.25) is 0 Å². The molecule has 2 aromatic rings. The largest absolute Gasteiger partial charge is 0.506 e. The molecule has 0 radical (unpaired) electrons. The van der Waals surface area contributed by atoms with Crippen LogP contribution in [0.4, 0.5) is 5.69 Å². The number of nitrogens with one attached hydrogen (secondary N) is 2. The molecule has 4 N–H and O–H groups in total. The zero-order chi connectivity index (χ0) is 18.7. The van der Waals surface area contributed by atoms with Crippen molar-refractivity contribution in [1.29, 1.82) is 0 Å². The van der Waals surface area contributed by atoms with Crippen LogP contribution in [-0.4, -0.2) is 29.5 Å². The first-order valence-electron chi connectivity index (χ1n) is 9.61. The molecule has 0 unspecified atom stereocenters. The number of phenols is 1. The summed E-state index contributed by atoms with van der Waals surface area (Å²) in [6.45, 7) is 4.43. The van der Waals surface area contributed by atoms with E-state index in [1.54, 1.807) is 13.1 Å². The molecule has 0 heterocycles. The Morgan fingerprint density at radius 3 is 2.19 bits per heavy atom. The topological polar surface area (TPSA) is 64.5 Å². The Morgan fingerprint density at radius 2 is 1.65 bits per heavy atom. The van der Waals surface area contributed by atoms with Crippen LogP contribution in [0.3, 0.4) is 0 Å². The second kappa shape index (κ2) is 8.11. The van der Waals surface area contributed by atoms with Gasteiger partial charge in [-0.1, -0.05) is 32.0 Å². The summed E-state index contributed by atoms with van der Waals surface area (Å²) in [5.41, 5.74) is 7.43. The smallest absolute Gasteiger partial charge is 0.138 e. The Labute approximate surface area is 156 Å². The van der Waals surface area contributed by atoms with E-state index < -0.39 is 6.23 Å². The van der Waals surface area contributed by atoms with E-state index in [0.29, 0.717) is 12.1 Å². The standard InChI is InChI=1S/C22H30N2O2/c1-4-15-10-17-12-19(13-18(17)11-16(15)5-2)24-22(26)9-14-6-7-21(25)20(8-14)23-3/h6-8,10-11,19,22-26H,4-5,9,12-13H2,1-3H3/t22-/m1/s1. The van der Waals surface area contributed by atoms with Crippen molar-refractivity contribution in [2.75, 3.05) is 12.4 Å². The number of aromatic hydroxyl groups is 1. The zero-order valence-corrected chi connectivity index (χ0v) is 16.0. The number of fused-ring (bicyclic) bond motifs is 1. The van der Waals surface area contributed by atoms with E-state index in [1.807, 2.05) is 12.1 Å². The van der Waals surface area contributed by atoms with Gasteiger partial charge in [-0.2, -0.15) is 0 Å². The van der Waals surface area contributed by atoms with Gasteiger partial charge in [-0.25, -0.2) is 0 Å². The van der Waals surface area contributed by atoms with Gasteiger partial charge >= 0.3 is 0 Å². The van der Waals surface area contributed by atoms with Gasteiger partial charge in [-0.15, -0.1) is 0 Å². The first kappa shape index (κ1) is 18.7. The van der Waals surface area contributed by atoms with Gasteiger partial charge in [0.05, 0.1) is 5.69 Å². The lowest BCUT2D eigenvalue weighted by atomic mass is 9.97. The fourth-order valence-corrected chi connectivity index (χ4v) is 4.02. The highest BCUT2D eigenvalue weighted by Crippen LogP contribution is 2.28. The molecule has 1 aliphatic rings. The monoisotopic (exact) mass is 354 g/mol. The van der Waals surface area contributed by atoms with Crippen molar-refractivity contribution in [2.45, 2.75) is 58.2 Å². The van der Waals surface area contributed by atoms with Gasteiger partial charge < -0.3 is 15.5 Å². The van der Waals surface area contributed by atoms with Gasteiger partial charge in [0.15, 0.2) is 0 Å². The van der Waals surface area contributed by atoms with Gasteiger partial charge in [0, 0.05) is 19.5 Å². The average Bonchev–Trinajstić information content (AvgIpc) is 3.02. The van der Waals surface area contributed by atoms with Crippen molar-refractivity contribution in [3.05, 3.63) is 58.1 Å². The van der Waals surface area contributed by atoms with Crippen LogP contribution in [0.15, 0.2) is 30.3 Å². The number of aliphatic hydroxyl groups is 1. The molecule has 3 rings (SSSR count). The normalized spacial score (nSPS) is 15.1. The van der Waals surface area contributed by atoms with Gasteiger partial charge in [0.1, 0.15) is 12.0 Å². The molecule has 140 valence electrons. The number of aryl methyl sites for hydroxylation is 2. The summed E-state index contributed by atoms with van der Waals surface area (Å²) in [7, 11) is 1.78. The van der Waals surface area contributed by atoms with Crippen LogP contribution in [0.25, 0.3) is 0 Å². The molecule has 0 amide bonds. The Bertz CT molecular complexity index is 740. The summed E-state index contributed by atoms with van der Waals surface area (Å²) < 4.78 is 0. The maximum atomic E-state index is 10.5. The third kappa shape index (κ3) is 4.02. The summed E-state index contributed by atoms with van der Waals surface area (Å²) in [4.78, 5) is 0. The number of phenolic OH excluding ortho intramolecular Hbond substituents is 1. The van der Waals surface area contributed by atoms with Crippen LogP contribution in [0, 0.1) is 0 Å². The van der Waals surface area contributed by atoms with Crippen molar-refractivity contribution >= 4 is 5.69 Å². The van der Waals surface area contributed by atoms with Crippen molar-refractivity contribution in [3.8, 4) is 5.75 Å². The summed E-state index contributed by atoms with van der Waals surface area (Å²) in [5, 5.41) is 26.6. The number of hydrogen-bond acceptors (Lipinski definition) is 4. The summed E-state index contributed by atoms with van der Waals surface area (Å²) >= 11 is 0. The molecule has 26 heavy (non-hydrogen) atoms. The second-order valence-corrected chi connectivity index (χ2v) is 7.19. The highest BCUT2D eigenvalue weighted by molar-refractivity contribution is 5.56. The fraction of sp³-hybridized carbons (Fsp3) is 0.455. The van der Waals surface area contributed by atoms with Crippen LogP contribution in [0.1, 0.15) is 41.7 Å². The van der Waals surface area contributed by atoms with Crippen LogP contribution < -0.4 is 10.6 Å². The first-order valence-corrected chi connectivity index (χ1v) is 9.61. The van der Waals surface area contributed by atoms with E-state index in [1.165, 1.54) is 22.3 Å². The van der Waals surface area contributed by atoms with E-state index >= 15 is 0 Å². The minimum atomic E-state index is -0.597. The Balaban J connectivity index is 1.63. The Kier molecular flexibility index (Phi) is 5.84. The van der Waals surface area contributed by atoms with Gasteiger partial charge in [-0.3, -0.25) is 5.32 Å². The number of benzene rings is 2. The molecule has 1 atom stereocenters. The van der Waals surface area contributed by atoms with E-state index in [2.05, 4.69) is 36.6 Å². The molecule has 4 heteroatoms. The molecule has 0 spiro atoms. The SMILES string of the molecule is CCc1cc2c(cc1CC)CC(N[C@H](O)Cc1ccc(O)c(NC)c1)C2. The molecule has 2 aromatic carbocycles. The maximum absolute atomic E-state index is 10.5. The molecule has 0 fully saturated rings. The van der Waals surface area contributed by atoms with E-state index in [-0.39, 0.29) is 11.8 Å². The van der Waals surface area contributed by atoms with Crippen LogP contribution in [0.5, 0.6) is 5.75 Å². The molecule has 0 saturated carbocycles. The molecule has 0 saturated heterocycles. The van der Waals surface area contributed by atoms with Gasteiger partial charge in [0.25, 0.3) is 0 Å². The first-order chi connectivity index (χ1) is 12.5. The number of anilines is 1. The third-order valence-corrected chi connectivity index (χ3v) is 5.40. The molecular formula is C22H30N2O2. The lowest BCUT2D eigenvalue weighted by Gasteiger charge is -2.18. The fourth-order valence-electron chi connectivity index (χ4n) is 4.02. The molecular weight excluding hydrogens is 324 g/mol. The molecule has 4 nitrogen and oxygen atoms in total. The molecule has 0 bridgehead atoms. The van der Waals surface area contributed by atoms with Crippen molar-refractivity contribution in [1.82, 2.24) is 5.32 Å². The summed E-state index contributed by atoms with van der Waals surface area (Å²) in [5.74, 6) is 0.225. The lowest BCUT2D eigenvalue weighted by molar-refractivity contribution is 0.123. The minimum absolute atomic E-state index is 0.225. The van der Waals surface area contributed by atoms with E-state index in [0.717, 1.165) is 31.2 Å².